The van der Waals surface area contributed by atoms with Gasteiger partial charge in [0.05, 0.1) is 10.9 Å². The summed E-state index contributed by atoms with van der Waals surface area (Å²) in [6.45, 7) is 5.63. The molecule has 0 spiro atoms. The van der Waals surface area contributed by atoms with Gasteiger partial charge in [0, 0.05) is 16.8 Å². The van der Waals surface area contributed by atoms with Crippen LogP contribution in [-0.4, -0.2) is 20.9 Å². The third-order valence-corrected chi connectivity index (χ3v) is 5.68. The van der Waals surface area contributed by atoms with E-state index in [0.717, 1.165) is 11.1 Å². The molecular weight excluding hydrogens is 394 g/mol. The highest BCUT2D eigenvalue weighted by atomic mass is 35.5. The van der Waals surface area contributed by atoms with Crippen LogP contribution in [0.1, 0.15) is 18.1 Å². The average molecular weight is 414 g/mol. The summed E-state index contributed by atoms with van der Waals surface area (Å²) in [6, 6.07) is 16.0. The van der Waals surface area contributed by atoms with E-state index in [1.165, 1.54) is 22.5 Å². The quantitative estimate of drug-likeness (QED) is 0.620. The SMILES string of the molecule is Cc1ccc(-n2nc(SC(C)C(=O)Nc3cccc(Cl)c3C)ccc2=O)cc1. The first-order valence-corrected chi connectivity index (χ1v) is 10.0. The fourth-order valence-corrected chi connectivity index (χ4v) is 3.52. The molecule has 1 amide bonds. The molecule has 0 fully saturated rings. The summed E-state index contributed by atoms with van der Waals surface area (Å²) in [6.07, 6.45) is 0. The molecule has 0 saturated carbocycles. The monoisotopic (exact) mass is 413 g/mol. The number of rotatable bonds is 5. The van der Waals surface area contributed by atoms with Gasteiger partial charge in [0.2, 0.25) is 5.91 Å². The number of nitrogens with one attached hydrogen (secondary N) is 1. The van der Waals surface area contributed by atoms with Crippen LogP contribution in [0.4, 0.5) is 5.69 Å². The van der Waals surface area contributed by atoms with Crippen LogP contribution in [0.25, 0.3) is 5.69 Å². The fourth-order valence-electron chi connectivity index (χ4n) is 2.54. The maximum atomic E-state index is 12.6. The van der Waals surface area contributed by atoms with E-state index in [-0.39, 0.29) is 11.5 Å². The van der Waals surface area contributed by atoms with E-state index < -0.39 is 5.25 Å². The molecule has 5 nitrogen and oxygen atoms in total. The highest BCUT2D eigenvalue weighted by Crippen LogP contribution is 2.25. The Morgan fingerprint density at radius 2 is 1.82 bits per heavy atom. The second kappa shape index (κ2) is 8.63. The van der Waals surface area contributed by atoms with Crippen LogP contribution >= 0.6 is 23.4 Å². The third kappa shape index (κ3) is 4.64. The number of thioether (sulfide) groups is 1. The Morgan fingerprint density at radius 1 is 1.11 bits per heavy atom. The zero-order valence-corrected chi connectivity index (χ0v) is 17.3. The number of carbonyl (C=O) groups excluding carboxylic acids is 1. The molecule has 0 aliphatic carbocycles. The van der Waals surface area contributed by atoms with E-state index in [1.54, 1.807) is 25.1 Å². The number of hydrogen-bond donors (Lipinski definition) is 1. The molecule has 2 aromatic carbocycles. The lowest BCUT2D eigenvalue weighted by molar-refractivity contribution is -0.115. The minimum atomic E-state index is -0.408. The third-order valence-electron chi connectivity index (χ3n) is 4.25. The maximum absolute atomic E-state index is 12.6. The van der Waals surface area contributed by atoms with Gasteiger partial charge in [0.15, 0.2) is 0 Å². The Morgan fingerprint density at radius 3 is 2.54 bits per heavy atom. The molecule has 1 aromatic heterocycles. The second-order valence-corrected chi connectivity index (χ2v) is 8.19. The van der Waals surface area contributed by atoms with Crippen molar-refractivity contribution in [3.05, 3.63) is 81.1 Å². The van der Waals surface area contributed by atoms with Crippen molar-refractivity contribution in [2.75, 3.05) is 5.32 Å². The first-order chi connectivity index (χ1) is 13.3. The summed E-state index contributed by atoms with van der Waals surface area (Å²) in [7, 11) is 0. The Labute approximate surface area is 172 Å². The second-order valence-electron chi connectivity index (χ2n) is 6.42. The van der Waals surface area contributed by atoms with Gasteiger partial charge in [0.25, 0.3) is 5.56 Å². The molecule has 3 rings (SSSR count). The molecule has 144 valence electrons. The molecule has 3 aromatic rings. The lowest BCUT2D eigenvalue weighted by Crippen LogP contribution is -2.24. The van der Waals surface area contributed by atoms with Crippen molar-refractivity contribution in [1.29, 1.82) is 0 Å². The number of anilines is 1. The highest BCUT2D eigenvalue weighted by molar-refractivity contribution is 8.00. The Kier molecular flexibility index (Phi) is 6.21. The van der Waals surface area contributed by atoms with Crippen molar-refractivity contribution in [1.82, 2.24) is 9.78 Å². The fraction of sp³-hybridized carbons (Fsp3) is 0.190. The maximum Gasteiger partial charge on any atom is 0.271 e. The normalized spacial score (nSPS) is 11.9. The summed E-state index contributed by atoms with van der Waals surface area (Å²) >= 11 is 7.39. The van der Waals surface area contributed by atoms with E-state index in [2.05, 4.69) is 10.4 Å². The van der Waals surface area contributed by atoms with E-state index in [9.17, 15) is 9.59 Å². The van der Waals surface area contributed by atoms with Gasteiger partial charge in [-0.25, -0.2) is 0 Å². The number of nitrogens with zero attached hydrogens (tertiary/aromatic N) is 2. The van der Waals surface area contributed by atoms with Crippen molar-refractivity contribution >= 4 is 35.0 Å². The van der Waals surface area contributed by atoms with Crippen LogP contribution < -0.4 is 10.9 Å². The first-order valence-electron chi connectivity index (χ1n) is 8.75. The molecule has 28 heavy (non-hydrogen) atoms. The molecule has 1 atom stereocenters. The molecule has 7 heteroatoms. The van der Waals surface area contributed by atoms with Crippen LogP contribution in [0.2, 0.25) is 5.02 Å². The number of hydrogen-bond acceptors (Lipinski definition) is 4. The summed E-state index contributed by atoms with van der Waals surface area (Å²) in [4.78, 5) is 24.8. The van der Waals surface area contributed by atoms with Gasteiger partial charge >= 0.3 is 0 Å². The van der Waals surface area contributed by atoms with Crippen LogP contribution in [0.5, 0.6) is 0 Å². The first kappa shape index (κ1) is 20.2. The van der Waals surface area contributed by atoms with Crippen LogP contribution in [-0.2, 0) is 4.79 Å². The predicted molar refractivity (Wildman–Crippen MR) is 115 cm³/mol. The molecule has 0 aliphatic heterocycles. The zero-order valence-electron chi connectivity index (χ0n) is 15.8. The summed E-state index contributed by atoms with van der Waals surface area (Å²) in [5.41, 5.74) is 3.07. The van der Waals surface area contributed by atoms with E-state index >= 15 is 0 Å². The van der Waals surface area contributed by atoms with Crippen molar-refractivity contribution in [2.24, 2.45) is 0 Å². The van der Waals surface area contributed by atoms with Crippen molar-refractivity contribution in [3.8, 4) is 5.69 Å². The van der Waals surface area contributed by atoms with Crippen molar-refractivity contribution in [2.45, 2.75) is 31.0 Å². The number of carbonyl (C=O) groups is 1. The standard InChI is InChI=1S/C21H20ClN3O2S/c1-13-7-9-16(10-8-13)25-20(26)12-11-19(24-25)28-15(3)21(27)23-18-6-4-5-17(22)14(18)2/h4-12,15H,1-3H3,(H,23,27). The van der Waals surface area contributed by atoms with Crippen molar-refractivity contribution in [3.63, 3.8) is 0 Å². The molecule has 0 saturated heterocycles. The van der Waals surface area contributed by atoms with Gasteiger partial charge < -0.3 is 5.32 Å². The van der Waals surface area contributed by atoms with E-state index in [1.807, 2.05) is 44.2 Å². The largest absolute Gasteiger partial charge is 0.325 e. The molecule has 1 unspecified atom stereocenters. The zero-order chi connectivity index (χ0) is 20.3. The van der Waals surface area contributed by atoms with Gasteiger partial charge in [-0.15, -0.1) is 0 Å². The van der Waals surface area contributed by atoms with E-state index in [4.69, 9.17) is 11.6 Å². The van der Waals surface area contributed by atoms with Gasteiger partial charge in [-0.1, -0.05) is 47.1 Å². The average Bonchev–Trinajstić information content (AvgIpc) is 2.67. The number of benzene rings is 2. The topological polar surface area (TPSA) is 64.0 Å². The Balaban J connectivity index is 1.76. The van der Waals surface area contributed by atoms with Crippen molar-refractivity contribution < 1.29 is 4.79 Å². The van der Waals surface area contributed by atoms with Crippen LogP contribution in [0.3, 0.4) is 0 Å². The Bertz CT molecular complexity index is 1060. The van der Waals surface area contributed by atoms with E-state index in [0.29, 0.717) is 21.4 Å². The number of amides is 1. The van der Waals surface area contributed by atoms with Crippen LogP contribution in [0.15, 0.2) is 64.4 Å². The van der Waals surface area contributed by atoms with Crippen LogP contribution in [0, 0.1) is 13.8 Å². The molecule has 0 radical (unpaired) electrons. The molecule has 1 heterocycles. The lowest BCUT2D eigenvalue weighted by atomic mass is 10.2. The minimum absolute atomic E-state index is 0.162. The molecule has 0 aliphatic rings. The minimum Gasteiger partial charge on any atom is -0.325 e. The predicted octanol–water partition coefficient (Wildman–Crippen LogP) is 4.62. The number of aromatic nitrogens is 2. The number of aryl methyl sites for hydroxylation is 1. The molecule has 0 bridgehead atoms. The Hall–Kier alpha value is -2.57. The molecular formula is C21H20ClN3O2S. The van der Waals surface area contributed by atoms with Gasteiger partial charge in [-0.3, -0.25) is 9.59 Å². The summed E-state index contributed by atoms with van der Waals surface area (Å²) < 4.78 is 1.34. The van der Waals surface area contributed by atoms with Gasteiger partial charge in [-0.05, 0) is 56.7 Å². The van der Waals surface area contributed by atoms with Gasteiger partial charge in [0.1, 0.15) is 5.03 Å². The smallest absolute Gasteiger partial charge is 0.271 e. The molecule has 1 N–H and O–H groups in total. The number of halogens is 1. The summed E-state index contributed by atoms with van der Waals surface area (Å²) in [5, 5.41) is 8.08. The lowest BCUT2D eigenvalue weighted by Gasteiger charge is -2.14. The summed E-state index contributed by atoms with van der Waals surface area (Å²) in [5.74, 6) is -0.162. The van der Waals surface area contributed by atoms with Gasteiger partial charge in [-0.2, -0.15) is 9.78 Å². The highest BCUT2D eigenvalue weighted by Gasteiger charge is 2.17.